The third-order valence-electron chi connectivity index (χ3n) is 3.39. The number of aliphatic carboxylic acids is 1. The fourth-order valence-corrected chi connectivity index (χ4v) is 2.30. The monoisotopic (exact) mass is 274 g/mol. The maximum atomic E-state index is 12.4. The number of nitrogens with zero attached hydrogens (tertiary/aromatic N) is 2. The van der Waals surface area contributed by atoms with E-state index < -0.39 is 5.97 Å². The summed E-state index contributed by atoms with van der Waals surface area (Å²) in [6.45, 7) is 5.77. The quantitative estimate of drug-likeness (QED) is 0.856. The Hall–Kier alpha value is -2.17. The topological polar surface area (TPSA) is 70.5 Å². The van der Waals surface area contributed by atoms with Gasteiger partial charge < -0.3 is 10.0 Å². The van der Waals surface area contributed by atoms with E-state index in [0.717, 1.165) is 25.6 Å². The standard InChI is InChI=1S/C15H18N2O3/c1-15(2)5-6-17(10-15)14(20)12-7-11(8-16-9-12)3-4-13(18)19/h3-4,7-9H,5-6,10H2,1-2H3,(H,18,19)/b4-3+. The van der Waals surface area contributed by atoms with Crippen molar-refractivity contribution in [3.63, 3.8) is 0 Å². The highest BCUT2D eigenvalue weighted by atomic mass is 16.4. The van der Waals surface area contributed by atoms with Crippen LogP contribution in [0.1, 0.15) is 36.2 Å². The van der Waals surface area contributed by atoms with E-state index in [1.54, 1.807) is 6.07 Å². The second-order valence-corrected chi connectivity index (χ2v) is 5.82. The minimum Gasteiger partial charge on any atom is -0.478 e. The summed E-state index contributed by atoms with van der Waals surface area (Å²) in [6.07, 6.45) is 6.50. The lowest BCUT2D eigenvalue weighted by Gasteiger charge is -2.19. The second-order valence-electron chi connectivity index (χ2n) is 5.82. The van der Waals surface area contributed by atoms with E-state index in [0.29, 0.717) is 11.1 Å². The van der Waals surface area contributed by atoms with Gasteiger partial charge in [-0.1, -0.05) is 13.8 Å². The first kappa shape index (κ1) is 14.2. The molecule has 1 aromatic rings. The minimum atomic E-state index is -1.02. The molecule has 0 aliphatic carbocycles. The van der Waals surface area contributed by atoms with Crippen LogP contribution in [0, 0.1) is 5.41 Å². The van der Waals surface area contributed by atoms with Crippen LogP contribution in [-0.2, 0) is 4.79 Å². The van der Waals surface area contributed by atoms with E-state index in [1.807, 2.05) is 4.90 Å². The Morgan fingerprint density at radius 3 is 2.75 bits per heavy atom. The number of rotatable bonds is 3. The van der Waals surface area contributed by atoms with Gasteiger partial charge >= 0.3 is 5.97 Å². The molecule has 0 radical (unpaired) electrons. The Bertz CT molecular complexity index is 564. The molecule has 5 nitrogen and oxygen atoms in total. The molecule has 2 rings (SSSR count). The molecule has 5 heteroatoms. The van der Waals surface area contributed by atoms with Crippen LogP contribution in [0.3, 0.4) is 0 Å². The Labute approximate surface area is 117 Å². The summed E-state index contributed by atoms with van der Waals surface area (Å²) in [4.78, 5) is 28.7. The van der Waals surface area contributed by atoms with E-state index >= 15 is 0 Å². The van der Waals surface area contributed by atoms with Crippen LogP contribution in [0.25, 0.3) is 6.08 Å². The lowest BCUT2D eigenvalue weighted by molar-refractivity contribution is -0.131. The highest BCUT2D eigenvalue weighted by Gasteiger charge is 2.32. The van der Waals surface area contributed by atoms with E-state index in [1.165, 1.54) is 18.5 Å². The Kier molecular flexibility index (Phi) is 3.88. The number of carbonyl (C=O) groups excluding carboxylic acids is 1. The molecule has 0 spiro atoms. The molecule has 1 aliphatic heterocycles. The zero-order valence-corrected chi connectivity index (χ0v) is 11.7. The molecule has 1 amide bonds. The molecule has 20 heavy (non-hydrogen) atoms. The van der Waals surface area contributed by atoms with Crippen molar-refractivity contribution in [2.75, 3.05) is 13.1 Å². The van der Waals surface area contributed by atoms with Crippen molar-refractivity contribution in [2.24, 2.45) is 5.41 Å². The normalized spacial score (nSPS) is 17.6. The van der Waals surface area contributed by atoms with Crippen molar-refractivity contribution < 1.29 is 14.7 Å². The summed E-state index contributed by atoms with van der Waals surface area (Å²) in [5.74, 6) is -1.07. The molecule has 1 aliphatic rings. The maximum absolute atomic E-state index is 12.4. The van der Waals surface area contributed by atoms with Crippen LogP contribution in [0.5, 0.6) is 0 Å². The molecule has 2 heterocycles. The fraction of sp³-hybridized carbons (Fsp3) is 0.400. The third kappa shape index (κ3) is 3.44. The van der Waals surface area contributed by atoms with Crippen molar-refractivity contribution in [1.82, 2.24) is 9.88 Å². The van der Waals surface area contributed by atoms with Crippen molar-refractivity contribution >= 4 is 18.0 Å². The van der Waals surface area contributed by atoms with E-state index in [2.05, 4.69) is 18.8 Å². The number of aromatic nitrogens is 1. The van der Waals surface area contributed by atoms with Crippen molar-refractivity contribution in [3.8, 4) is 0 Å². The Balaban J connectivity index is 2.15. The van der Waals surface area contributed by atoms with Gasteiger partial charge in [0.25, 0.3) is 5.91 Å². The second kappa shape index (κ2) is 5.45. The number of carboxylic acids is 1. The average Bonchev–Trinajstić information content (AvgIpc) is 2.76. The highest BCUT2D eigenvalue weighted by Crippen LogP contribution is 2.29. The van der Waals surface area contributed by atoms with Crippen LogP contribution in [-0.4, -0.2) is 40.0 Å². The van der Waals surface area contributed by atoms with Gasteiger partial charge in [-0.25, -0.2) is 4.79 Å². The van der Waals surface area contributed by atoms with E-state index in [9.17, 15) is 9.59 Å². The predicted octanol–water partition coefficient (Wildman–Crippen LogP) is 2.05. The van der Waals surface area contributed by atoms with Crippen LogP contribution in [0.4, 0.5) is 0 Å². The molecular weight excluding hydrogens is 256 g/mol. The largest absolute Gasteiger partial charge is 0.478 e. The number of carboxylic acid groups (broad SMARTS) is 1. The molecule has 0 atom stereocenters. The van der Waals surface area contributed by atoms with Crippen molar-refractivity contribution in [3.05, 3.63) is 35.7 Å². The lowest BCUT2D eigenvalue weighted by Crippen LogP contribution is -2.30. The van der Waals surface area contributed by atoms with Crippen LogP contribution in [0.15, 0.2) is 24.5 Å². The summed E-state index contributed by atoms with van der Waals surface area (Å²) in [5.41, 5.74) is 1.26. The summed E-state index contributed by atoms with van der Waals surface area (Å²) < 4.78 is 0. The fourth-order valence-electron chi connectivity index (χ4n) is 2.30. The van der Waals surface area contributed by atoms with Gasteiger partial charge in [-0.05, 0) is 29.5 Å². The molecule has 0 saturated carbocycles. The van der Waals surface area contributed by atoms with Gasteiger partial charge in [-0.3, -0.25) is 9.78 Å². The zero-order valence-electron chi connectivity index (χ0n) is 11.7. The summed E-state index contributed by atoms with van der Waals surface area (Å²) in [7, 11) is 0. The average molecular weight is 274 g/mol. The SMILES string of the molecule is CC1(C)CCN(C(=O)c2cncc(/C=C/C(=O)O)c2)C1. The van der Waals surface area contributed by atoms with E-state index in [-0.39, 0.29) is 11.3 Å². The van der Waals surface area contributed by atoms with Crippen molar-refractivity contribution in [1.29, 1.82) is 0 Å². The van der Waals surface area contributed by atoms with Gasteiger partial charge in [-0.15, -0.1) is 0 Å². The molecule has 1 saturated heterocycles. The van der Waals surface area contributed by atoms with Crippen LogP contribution in [0.2, 0.25) is 0 Å². The minimum absolute atomic E-state index is 0.0475. The predicted molar refractivity (Wildman–Crippen MR) is 75.2 cm³/mol. The smallest absolute Gasteiger partial charge is 0.328 e. The molecule has 106 valence electrons. The number of carbonyl (C=O) groups is 2. The Morgan fingerprint density at radius 1 is 1.40 bits per heavy atom. The van der Waals surface area contributed by atoms with Crippen LogP contribution < -0.4 is 0 Å². The number of likely N-dealkylation sites (tertiary alicyclic amines) is 1. The molecule has 1 N–H and O–H groups in total. The summed E-state index contributed by atoms with van der Waals surface area (Å²) >= 11 is 0. The number of hydrogen-bond acceptors (Lipinski definition) is 3. The summed E-state index contributed by atoms with van der Waals surface area (Å²) in [5, 5.41) is 8.60. The molecule has 1 aromatic heterocycles. The molecule has 0 aromatic carbocycles. The van der Waals surface area contributed by atoms with Gasteiger partial charge in [0.05, 0.1) is 5.56 Å². The van der Waals surface area contributed by atoms with E-state index in [4.69, 9.17) is 5.11 Å². The van der Waals surface area contributed by atoms with Gasteiger partial charge in [-0.2, -0.15) is 0 Å². The van der Waals surface area contributed by atoms with Gasteiger partial charge in [0.1, 0.15) is 0 Å². The summed E-state index contributed by atoms with van der Waals surface area (Å²) in [6, 6.07) is 1.67. The maximum Gasteiger partial charge on any atom is 0.328 e. The number of pyridine rings is 1. The van der Waals surface area contributed by atoms with Gasteiger partial charge in [0.15, 0.2) is 0 Å². The first-order valence-electron chi connectivity index (χ1n) is 6.53. The molecule has 0 unspecified atom stereocenters. The zero-order chi connectivity index (χ0) is 14.8. The molecule has 1 fully saturated rings. The first-order chi connectivity index (χ1) is 9.37. The first-order valence-corrected chi connectivity index (χ1v) is 6.53. The number of hydrogen-bond donors (Lipinski definition) is 1. The van der Waals surface area contributed by atoms with Gasteiger partial charge in [0, 0.05) is 31.6 Å². The Morgan fingerprint density at radius 2 is 2.15 bits per heavy atom. The highest BCUT2D eigenvalue weighted by molar-refractivity contribution is 5.95. The third-order valence-corrected chi connectivity index (χ3v) is 3.39. The number of amides is 1. The van der Waals surface area contributed by atoms with Crippen LogP contribution >= 0.6 is 0 Å². The molecular formula is C15H18N2O3. The van der Waals surface area contributed by atoms with Crippen molar-refractivity contribution in [2.45, 2.75) is 20.3 Å². The molecule has 0 bridgehead atoms. The lowest BCUT2D eigenvalue weighted by atomic mass is 9.93. The van der Waals surface area contributed by atoms with Gasteiger partial charge in [0.2, 0.25) is 0 Å².